The first kappa shape index (κ1) is 14.2. The highest BCUT2D eigenvalue weighted by atomic mass is 19.1. The molecule has 0 spiro atoms. The number of nitrogens with zero attached hydrogens (tertiary/aromatic N) is 1. The van der Waals surface area contributed by atoms with Crippen LogP contribution in [0.25, 0.3) is 0 Å². The molecule has 1 fully saturated rings. The third-order valence-corrected chi connectivity index (χ3v) is 3.41. The van der Waals surface area contributed by atoms with Crippen molar-refractivity contribution in [2.24, 2.45) is 0 Å². The Balaban J connectivity index is 2.25. The van der Waals surface area contributed by atoms with E-state index in [1.165, 1.54) is 7.11 Å². The minimum Gasteiger partial charge on any atom is -0.494 e. The molecular weight excluding hydrogens is 247 g/mol. The van der Waals surface area contributed by atoms with Crippen LogP contribution < -0.4 is 10.1 Å². The second kappa shape index (κ2) is 6.32. The fourth-order valence-corrected chi connectivity index (χ4v) is 2.55. The highest BCUT2D eigenvalue weighted by molar-refractivity contribution is 5.31. The lowest BCUT2D eigenvalue weighted by Gasteiger charge is -2.35. The van der Waals surface area contributed by atoms with Gasteiger partial charge >= 0.3 is 0 Å². The summed E-state index contributed by atoms with van der Waals surface area (Å²) >= 11 is 0. The Labute approximate surface area is 113 Å². The van der Waals surface area contributed by atoms with Gasteiger partial charge in [0.2, 0.25) is 0 Å². The maximum Gasteiger partial charge on any atom is 0.165 e. The Morgan fingerprint density at radius 1 is 1.47 bits per heavy atom. The SMILES string of the molecule is COc1ccc(C(C2COCCN2)N(C)C)cc1F. The zero-order chi connectivity index (χ0) is 13.8. The zero-order valence-corrected chi connectivity index (χ0v) is 11.6. The lowest BCUT2D eigenvalue weighted by molar-refractivity contribution is 0.0458. The van der Waals surface area contributed by atoms with Crippen molar-refractivity contribution in [2.45, 2.75) is 12.1 Å². The molecule has 0 bridgehead atoms. The van der Waals surface area contributed by atoms with Gasteiger partial charge in [-0.2, -0.15) is 0 Å². The van der Waals surface area contributed by atoms with Gasteiger partial charge in [-0.3, -0.25) is 0 Å². The Kier molecular flexibility index (Phi) is 4.74. The van der Waals surface area contributed by atoms with Crippen LogP contribution in [0.3, 0.4) is 0 Å². The van der Waals surface area contributed by atoms with Crippen molar-refractivity contribution < 1.29 is 13.9 Å². The van der Waals surface area contributed by atoms with Crippen LogP contribution in [0.4, 0.5) is 4.39 Å². The Morgan fingerprint density at radius 3 is 2.79 bits per heavy atom. The first-order chi connectivity index (χ1) is 9.13. The highest BCUT2D eigenvalue weighted by Crippen LogP contribution is 2.27. The van der Waals surface area contributed by atoms with E-state index in [9.17, 15) is 4.39 Å². The molecule has 0 radical (unpaired) electrons. The third kappa shape index (κ3) is 3.23. The summed E-state index contributed by atoms with van der Waals surface area (Å²) in [6.45, 7) is 2.19. The minimum absolute atomic E-state index is 0.0701. The predicted octanol–water partition coefficient (Wildman–Crippen LogP) is 1.43. The molecule has 1 N–H and O–H groups in total. The van der Waals surface area contributed by atoms with E-state index in [0.717, 1.165) is 18.7 Å². The molecule has 0 aromatic heterocycles. The second-order valence-electron chi connectivity index (χ2n) is 4.94. The second-order valence-corrected chi connectivity index (χ2v) is 4.94. The summed E-state index contributed by atoms with van der Waals surface area (Å²) in [5.74, 6) is -0.0577. The molecule has 1 aliphatic heterocycles. The Hall–Kier alpha value is -1.17. The van der Waals surface area contributed by atoms with E-state index >= 15 is 0 Å². The average molecular weight is 268 g/mol. The molecule has 1 aromatic carbocycles. The van der Waals surface area contributed by atoms with Crippen molar-refractivity contribution in [2.75, 3.05) is 41.0 Å². The van der Waals surface area contributed by atoms with Gasteiger partial charge in [-0.25, -0.2) is 4.39 Å². The van der Waals surface area contributed by atoms with Gasteiger partial charge in [0.25, 0.3) is 0 Å². The van der Waals surface area contributed by atoms with Crippen LogP contribution in [0.5, 0.6) is 5.75 Å². The molecule has 1 aromatic rings. The summed E-state index contributed by atoms with van der Waals surface area (Å²) in [5, 5.41) is 3.43. The lowest BCUT2D eigenvalue weighted by atomic mass is 9.97. The van der Waals surface area contributed by atoms with E-state index in [0.29, 0.717) is 6.61 Å². The summed E-state index contributed by atoms with van der Waals surface area (Å²) in [5.41, 5.74) is 0.923. The van der Waals surface area contributed by atoms with Crippen LogP contribution in [0.2, 0.25) is 0 Å². The Morgan fingerprint density at radius 2 is 2.26 bits per heavy atom. The van der Waals surface area contributed by atoms with Crippen molar-refractivity contribution in [1.29, 1.82) is 0 Å². The smallest absolute Gasteiger partial charge is 0.165 e. The van der Waals surface area contributed by atoms with E-state index in [1.54, 1.807) is 12.1 Å². The molecule has 106 valence electrons. The molecule has 4 nitrogen and oxygen atoms in total. The molecule has 1 aliphatic rings. The van der Waals surface area contributed by atoms with E-state index < -0.39 is 0 Å². The van der Waals surface area contributed by atoms with Crippen molar-refractivity contribution in [1.82, 2.24) is 10.2 Å². The maximum absolute atomic E-state index is 13.8. The van der Waals surface area contributed by atoms with Gasteiger partial charge in [-0.1, -0.05) is 6.07 Å². The third-order valence-electron chi connectivity index (χ3n) is 3.41. The van der Waals surface area contributed by atoms with Crippen molar-refractivity contribution in [3.05, 3.63) is 29.6 Å². The minimum atomic E-state index is -0.330. The number of hydrogen-bond acceptors (Lipinski definition) is 4. The standard InChI is InChI=1S/C14H21FN2O2/c1-17(2)14(12-9-19-7-6-16-12)10-4-5-13(18-3)11(15)8-10/h4-5,8,12,14,16H,6-7,9H2,1-3H3. The van der Waals surface area contributed by atoms with E-state index in [-0.39, 0.29) is 23.7 Å². The quantitative estimate of drug-likeness (QED) is 0.895. The van der Waals surface area contributed by atoms with Gasteiger partial charge in [-0.05, 0) is 31.8 Å². The summed E-state index contributed by atoms with van der Waals surface area (Å²) < 4.78 is 24.3. The van der Waals surface area contributed by atoms with Gasteiger partial charge in [0.15, 0.2) is 11.6 Å². The monoisotopic (exact) mass is 268 g/mol. The Bertz CT molecular complexity index is 420. The first-order valence-electron chi connectivity index (χ1n) is 6.44. The number of methoxy groups -OCH3 is 1. The van der Waals surface area contributed by atoms with E-state index in [2.05, 4.69) is 10.2 Å². The summed E-state index contributed by atoms with van der Waals surface area (Å²) in [7, 11) is 5.45. The number of morpholine rings is 1. The van der Waals surface area contributed by atoms with Crippen molar-refractivity contribution in [3.8, 4) is 5.75 Å². The summed E-state index contributed by atoms with van der Waals surface area (Å²) in [6, 6.07) is 5.35. The van der Waals surface area contributed by atoms with Gasteiger partial charge in [-0.15, -0.1) is 0 Å². The molecule has 0 amide bonds. The predicted molar refractivity (Wildman–Crippen MR) is 72.0 cm³/mol. The van der Waals surface area contributed by atoms with E-state index in [4.69, 9.17) is 9.47 Å². The normalized spacial score (nSPS) is 21.4. The first-order valence-corrected chi connectivity index (χ1v) is 6.44. The molecule has 2 unspecified atom stereocenters. The largest absolute Gasteiger partial charge is 0.494 e. The molecular formula is C14H21FN2O2. The fourth-order valence-electron chi connectivity index (χ4n) is 2.55. The number of rotatable bonds is 4. The molecule has 2 atom stereocenters. The molecule has 1 saturated heterocycles. The molecule has 2 rings (SSSR count). The number of halogens is 1. The molecule has 19 heavy (non-hydrogen) atoms. The number of ether oxygens (including phenoxy) is 2. The molecule has 1 heterocycles. The van der Waals surface area contributed by atoms with Crippen molar-refractivity contribution >= 4 is 0 Å². The van der Waals surface area contributed by atoms with Crippen LogP contribution in [0.15, 0.2) is 18.2 Å². The van der Waals surface area contributed by atoms with Gasteiger partial charge in [0.1, 0.15) is 0 Å². The number of benzene rings is 1. The fraction of sp³-hybridized carbons (Fsp3) is 0.571. The van der Waals surface area contributed by atoms with Gasteiger partial charge < -0.3 is 19.7 Å². The van der Waals surface area contributed by atoms with Crippen LogP contribution in [-0.2, 0) is 4.74 Å². The topological polar surface area (TPSA) is 33.7 Å². The van der Waals surface area contributed by atoms with Crippen molar-refractivity contribution in [3.63, 3.8) is 0 Å². The number of nitrogens with one attached hydrogen (secondary N) is 1. The van der Waals surface area contributed by atoms with Gasteiger partial charge in [0, 0.05) is 6.54 Å². The summed E-state index contributed by atoms with van der Waals surface area (Å²) in [4.78, 5) is 2.08. The van der Waals surface area contributed by atoms with Crippen LogP contribution in [0, 0.1) is 5.82 Å². The molecule has 0 aliphatic carbocycles. The number of hydrogen-bond donors (Lipinski definition) is 1. The highest BCUT2D eigenvalue weighted by Gasteiger charge is 2.27. The van der Waals surface area contributed by atoms with Crippen LogP contribution >= 0.6 is 0 Å². The average Bonchev–Trinajstić information content (AvgIpc) is 2.40. The number of likely N-dealkylation sites (N-methyl/N-ethyl adjacent to an activating group) is 1. The zero-order valence-electron chi connectivity index (χ0n) is 11.6. The lowest BCUT2D eigenvalue weighted by Crippen LogP contribution is -2.48. The maximum atomic E-state index is 13.8. The van der Waals surface area contributed by atoms with E-state index in [1.807, 2.05) is 20.2 Å². The molecule has 5 heteroatoms. The van der Waals surface area contributed by atoms with Crippen LogP contribution in [-0.4, -0.2) is 51.9 Å². The molecule has 0 saturated carbocycles. The van der Waals surface area contributed by atoms with Gasteiger partial charge in [0.05, 0.1) is 32.4 Å². The van der Waals surface area contributed by atoms with Crippen LogP contribution in [0.1, 0.15) is 11.6 Å². The summed E-state index contributed by atoms with van der Waals surface area (Å²) in [6.07, 6.45) is 0.